The van der Waals surface area contributed by atoms with Gasteiger partial charge in [0.1, 0.15) is 11.5 Å². The number of thiazole rings is 1. The van der Waals surface area contributed by atoms with E-state index >= 15 is 0 Å². The van der Waals surface area contributed by atoms with Gasteiger partial charge in [0.2, 0.25) is 0 Å². The van der Waals surface area contributed by atoms with Crippen molar-refractivity contribution in [1.29, 1.82) is 0 Å². The number of hydrogen-bond acceptors (Lipinski definition) is 9. The van der Waals surface area contributed by atoms with Crippen molar-refractivity contribution in [3.63, 3.8) is 0 Å². The van der Waals surface area contributed by atoms with Crippen LogP contribution >= 0.6 is 22.9 Å². The Balaban J connectivity index is 1.60. The van der Waals surface area contributed by atoms with Crippen LogP contribution in [0.25, 0.3) is 17.4 Å². The number of furan rings is 1. The third-order valence-corrected chi connectivity index (χ3v) is 7.87. The third-order valence-electron chi connectivity index (χ3n) is 6.57. The molecule has 1 aliphatic rings. The van der Waals surface area contributed by atoms with Crippen LogP contribution in [0.4, 0.5) is 11.4 Å². The lowest BCUT2D eigenvalue weighted by Gasteiger charge is -2.25. The number of non-ortho nitro benzene ring substituents is 1. The number of allylic oxidation sites excluding steroid dienone is 1. The Kier molecular flexibility index (Phi) is 7.65. The average Bonchev–Trinajstić information content (AvgIpc) is 3.52. The quantitative estimate of drug-likeness (QED) is 0.173. The van der Waals surface area contributed by atoms with Gasteiger partial charge in [-0.15, -0.1) is 0 Å². The highest BCUT2D eigenvalue weighted by Gasteiger charge is 2.33. The molecule has 2 aromatic carbocycles. The number of nitro groups is 1. The number of hydrogen-bond donors (Lipinski definition) is 0. The van der Waals surface area contributed by atoms with E-state index in [1.165, 1.54) is 34.1 Å². The smallest absolute Gasteiger partial charge is 0.338 e. The summed E-state index contributed by atoms with van der Waals surface area (Å²) in [5, 5.41) is 11.2. The molecule has 0 aliphatic carbocycles. The standard InChI is InChI=1S/C29H25ClN4O6S/c1-5-39-28(36)25-16(2)31-29-33(26(25)17-6-8-18(9-7-17)32(3)4)27(35)24(41-29)15-20-11-13-23(40-20)21-12-10-19(34(37)38)14-22(21)30/h6-15,26H,5H2,1-4H3/t26-/m0/s1. The summed E-state index contributed by atoms with van der Waals surface area (Å²) in [5.74, 6) is 0.247. The minimum atomic E-state index is -0.727. The molecule has 0 radical (unpaired) electrons. The predicted octanol–water partition coefficient (Wildman–Crippen LogP) is 4.69. The molecule has 12 heteroatoms. The number of nitro benzene ring substituents is 1. The normalized spacial score (nSPS) is 15.0. The summed E-state index contributed by atoms with van der Waals surface area (Å²) in [7, 11) is 3.86. The van der Waals surface area contributed by atoms with Gasteiger partial charge >= 0.3 is 5.97 Å². The van der Waals surface area contributed by atoms with Gasteiger partial charge in [0.15, 0.2) is 4.80 Å². The van der Waals surface area contributed by atoms with Gasteiger partial charge in [-0.3, -0.25) is 19.5 Å². The third kappa shape index (κ3) is 5.33. The van der Waals surface area contributed by atoms with E-state index in [9.17, 15) is 19.7 Å². The molecule has 0 saturated heterocycles. The van der Waals surface area contributed by atoms with Crippen LogP contribution in [0.5, 0.6) is 0 Å². The molecule has 210 valence electrons. The summed E-state index contributed by atoms with van der Waals surface area (Å²) in [6, 6.07) is 14.4. The van der Waals surface area contributed by atoms with Crippen LogP contribution in [0, 0.1) is 10.1 Å². The van der Waals surface area contributed by atoms with Gasteiger partial charge in [-0.2, -0.15) is 0 Å². The van der Waals surface area contributed by atoms with Gasteiger partial charge < -0.3 is 14.1 Å². The summed E-state index contributed by atoms with van der Waals surface area (Å²) >= 11 is 7.44. The summed E-state index contributed by atoms with van der Waals surface area (Å²) in [6.07, 6.45) is 1.60. The second kappa shape index (κ2) is 11.2. The van der Waals surface area contributed by atoms with E-state index in [0.29, 0.717) is 37.7 Å². The maximum atomic E-state index is 13.8. The number of carbonyl (C=O) groups excluding carboxylic acids is 1. The lowest BCUT2D eigenvalue weighted by molar-refractivity contribution is -0.384. The summed E-state index contributed by atoms with van der Waals surface area (Å²) in [5.41, 5.74) is 2.51. The highest BCUT2D eigenvalue weighted by molar-refractivity contribution is 7.07. The number of ether oxygens (including phenoxy) is 1. The number of nitrogens with zero attached hydrogens (tertiary/aromatic N) is 4. The average molecular weight is 593 g/mol. The number of esters is 1. The zero-order valence-corrected chi connectivity index (χ0v) is 24.2. The van der Waals surface area contributed by atoms with E-state index in [-0.39, 0.29) is 22.9 Å². The highest BCUT2D eigenvalue weighted by atomic mass is 35.5. The van der Waals surface area contributed by atoms with E-state index < -0.39 is 16.9 Å². The number of fused-ring (bicyclic) bond motifs is 1. The highest BCUT2D eigenvalue weighted by Crippen LogP contribution is 2.33. The largest absolute Gasteiger partial charge is 0.463 e. The molecule has 3 heterocycles. The van der Waals surface area contributed by atoms with E-state index in [4.69, 9.17) is 20.8 Å². The van der Waals surface area contributed by atoms with Crippen molar-refractivity contribution in [2.45, 2.75) is 19.9 Å². The number of halogens is 1. The van der Waals surface area contributed by atoms with Crippen molar-refractivity contribution < 1.29 is 18.9 Å². The molecule has 2 aromatic heterocycles. The van der Waals surface area contributed by atoms with Gasteiger partial charge in [-0.05, 0) is 49.7 Å². The number of benzene rings is 2. The molecule has 1 aliphatic heterocycles. The van der Waals surface area contributed by atoms with Crippen molar-refractivity contribution in [2.24, 2.45) is 4.99 Å². The van der Waals surface area contributed by atoms with Gasteiger partial charge in [0, 0.05) is 43.6 Å². The summed E-state index contributed by atoms with van der Waals surface area (Å²) in [6.45, 7) is 3.65. The molecule has 0 amide bonds. The molecule has 10 nitrogen and oxygen atoms in total. The topological polar surface area (TPSA) is 120 Å². The van der Waals surface area contributed by atoms with Gasteiger partial charge in [0.05, 0.1) is 38.4 Å². The molecule has 0 bridgehead atoms. The van der Waals surface area contributed by atoms with Crippen LogP contribution in [0.3, 0.4) is 0 Å². The fourth-order valence-corrected chi connectivity index (χ4v) is 5.88. The maximum absolute atomic E-state index is 13.8. The zero-order chi connectivity index (χ0) is 29.4. The molecule has 41 heavy (non-hydrogen) atoms. The fraction of sp³-hybridized carbons (Fsp3) is 0.207. The first-order valence-electron chi connectivity index (χ1n) is 12.6. The second-order valence-corrected chi connectivity index (χ2v) is 10.8. The van der Waals surface area contributed by atoms with E-state index in [1.807, 2.05) is 43.3 Å². The summed E-state index contributed by atoms with van der Waals surface area (Å²) < 4.78 is 13.1. The maximum Gasteiger partial charge on any atom is 0.338 e. The first-order valence-corrected chi connectivity index (χ1v) is 13.8. The zero-order valence-electron chi connectivity index (χ0n) is 22.6. The molecule has 0 spiro atoms. The first kappa shape index (κ1) is 28.1. The monoisotopic (exact) mass is 592 g/mol. The molecular formula is C29H25ClN4O6S. The van der Waals surface area contributed by atoms with Crippen LogP contribution in [0.2, 0.25) is 5.02 Å². The van der Waals surface area contributed by atoms with Crippen molar-refractivity contribution >= 4 is 46.4 Å². The Morgan fingerprint density at radius 2 is 1.95 bits per heavy atom. The second-order valence-electron chi connectivity index (χ2n) is 9.41. The van der Waals surface area contributed by atoms with Crippen molar-refractivity contribution in [3.05, 3.63) is 112 Å². The number of anilines is 1. The lowest BCUT2D eigenvalue weighted by atomic mass is 9.95. The first-order chi connectivity index (χ1) is 19.6. The Morgan fingerprint density at radius 1 is 1.22 bits per heavy atom. The Morgan fingerprint density at radius 3 is 2.59 bits per heavy atom. The lowest BCUT2D eigenvalue weighted by Crippen LogP contribution is -2.39. The van der Waals surface area contributed by atoms with Crippen LogP contribution in [-0.2, 0) is 9.53 Å². The number of rotatable bonds is 7. The van der Waals surface area contributed by atoms with Crippen LogP contribution in [-0.4, -0.2) is 36.2 Å². The minimum absolute atomic E-state index is 0.130. The Labute approximate surface area is 243 Å². The van der Waals surface area contributed by atoms with E-state index in [2.05, 4.69) is 4.99 Å². The van der Waals surface area contributed by atoms with Crippen molar-refractivity contribution in [2.75, 3.05) is 25.6 Å². The molecule has 0 saturated carbocycles. The molecular weight excluding hydrogens is 568 g/mol. The predicted molar refractivity (Wildman–Crippen MR) is 157 cm³/mol. The molecule has 5 rings (SSSR count). The Hall–Kier alpha value is -4.48. The Bertz CT molecular complexity index is 1880. The van der Waals surface area contributed by atoms with Crippen LogP contribution < -0.4 is 19.8 Å². The van der Waals surface area contributed by atoms with Gasteiger partial charge in [-0.1, -0.05) is 35.1 Å². The molecule has 0 unspecified atom stereocenters. The minimum Gasteiger partial charge on any atom is -0.463 e. The van der Waals surface area contributed by atoms with Crippen molar-refractivity contribution in [3.8, 4) is 11.3 Å². The molecule has 4 aromatic rings. The fourth-order valence-electron chi connectivity index (χ4n) is 4.58. The number of aromatic nitrogens is 1. The van der Waals surface area contributed by atoms with Gasteiger partial charge in [-0.25, -0.2) is 9.79 Å². The van der Waals surface area contributed by atoms with Gasteiger partial charge in [0.25, 0.3) is 11.2 Å². The molecule has 1 atom stereocenters. The molecule has 0 fully saturated rings. The summed E-state index contributed by atoms with van der Waals surface area (Å²) in [4.78, 5) is 44.4. The number of carbonyl (C=O) groups is 1. The van der Waals surface area contributed by atoms with Crippen LogP contribution in [0.1, 0.15) is 31.2 Å². The molecule has 0 N–H and O–H groups in total. The van der Waals surface area contributed by atoms with Crippen LogP contribution in [0.15, 0.2) is 80.1 Å². The van der Waals surface area contributed by atoms with E-state index in [1.54, 1.807) is 32.1 Å². The van der Waals surface area contributed by atoms with Crippen molar-refractivity contribution in [1.82, 2.24) is 4.57 Å². The van der Waals surface area contributed by atoms with E-state index in [0.717, 1.165) is 11.3 Å². The SMILES string of the molecule is CCOC(=O)C1=C(C)N=c2sc(=Cc3ccc(-c4ccc([N+](=O)[O-])cc4Cl)o3)c(=O)n2[C@H]1c1ccc(N(C)C)cc1.